The molecule has 43 heavy (non-hydrogen) atoms. The average Bonchev–Trinajstić information content (AvgIpc) is 3.30. The number of aliphatic hydroxyl groups is 1. The van der Waals surface area contributed by atoms with E-state index in [2.05, 4.69) is 15.2 Å². The summed E-state index contributed by atoms with van der Waals surface area (Å²) in [5.41, 5.74) is -9.49. The molecule has 2 amide bonds. The third-order valence-corrected chi connectivity index (χ3v) is 5.79. The van der Waals surface area contributed by atoms with Gasteiger partial charge in [0.2, 0.25) is 11.5 Å². The van der Waals surface area contributed by atoms with Crippen LogP contribution in [0.1, 0.15) is 85.1 Å². The SMILES string of the molecule is CC(C)(C)OC(=O)N(C(=O)OC(C)(C)C)c1cc(C(F)(F)F)c2nc1-c1nnc(o1)C(O)(C(F)(F)F)CCCCCCO2. The molecule has 11 nitrogen and oxygen atoms in total. The second-order valence-corrected chi connectivity index (χ2v) is 11.8. The highest BCUT2D eigenvalue weighted by Gasteiger charge is 2.58. The Labute approximate surface area is 242 Å². The van der Waals surface area contributed by atoms with E-state index in [9.17, 15) is 41.0 Å². The van der Waals surface area contributed by atoms with E-state index in [0.29, 0.717) is 6.07 Å². The summed E-state index contributed by atoms with van der Waals surface area (Å²) in [4.78, 5) is 30.5. The van der Waals surface area contributed by atoms with Crippen LogP contribution in [0.5, 0.6) is 5.88 Å². The van der Waals surface area contributed by atoms with Crippen LogP contribution >= 0.6 is 0 Å². The van der Waals surface area contributed by atoms with Crippen LogP contribution in [0.25, 0.3) is 11.6 Å². The molecule has 2 aromatic heterocycles. The third kappa shape index (κ3) is 8.06. The van der Waals surface area contributed by atoms with Gasteiger partial charge in [0.1, 0.15) is 16.8 Å². The lowest BCUT2D eigenvalue weighted by atomic mass is 9.95. The summed E-state index contributed by atoms with van der Waals surface area (Å²) in [7, 11) is 0. The molecule has 0 aliphatic carbocycles. The topological polar surface area (TPSA) is 137 Å². The molecule has 0 aromatic carbocycles. The molecule has 240 valence electrons. The Morgan fingerprint density at radius 2 is 1.47 bits per heavy atom. The van der Waals surface area contributed by atoms with Gasteiger partial charge < -0.3 is 23.7 Å². The Morgan fingerprint density at radius 3 is 1.98 bits per heavy atom. The number of ether oxygens (including phenoxy) is 3. The average molecular weight is 627 g/mol. The van der Waals surface area contributed by atoms with Crippen molar-refractivity contribution in [3.63, 3.8) is 0 Å². The summed E-state index contributed by atoms with van der Waals surface area (Å²) in [6, 6.07) is 0.317. The first-order valence-electron chi connectivity index (χ1n) is 13.2. The summed E-state index contributed by atoms with van der Waals surface area (Å²) in [6.45, 7) is 8.20. The van der Waals surface area contributed by atoms with Crippen molar-refractivity contribution in [2.45, 2.75) is 103 Å². The summed E-state index contributed by atoms with van der Waals surface area (Å²) >= 11 is 0. The summed E-state index contributed by atoms with van der Waals surface area (Å²) in [5, 5.41) is 17.4. The lowest BCUT2D eigenvalue weighted by molar-refractivity contribution is -0.277. The van der Waals surface area contributed by atoms with Gasteiger partial charge in [0.25, 0.3) is 11.8 Å². The number of imide groups is 1. The lowest BCUT2D eigenvalue weighted by Gasteiger charge is -2.29. The minimum atomic E-state index is -5.28. The minimum absolute atomic E-state index is 0.0841. The molecular formula is C26H32F6N4O7. The standard InChI is InChI=1S/C26H32F6N4O7/c1-22(2,3)42-20(37)36(21(38)43-23(4,5)6)15-13-14(25(27,28)29)17-33-16(15)18-34-35-19(41-18)24(39,26(30,31)32)11-9-7-8-10-12-40-17/h13,39H,7-12H2,1-6H3. The number of anilines is 1. The first kappa shape index (κ1) is 33.9. The zero-order valence-corrected chi connectivity index (χ0v) is 24.3. The van der Waals surface area contributed by atoms with Crippen molar-refractivity contribution in [2.24, 2.45) is 0 Å². The molecule has 1 aliphatic heterocycles. The molecule has 0 fully saturated rings. The van der Waals surface area contributed by atoms with Gasteiger partial charge in [-0.3, -0.25) is 0 Å². The van der Waals surface area contributed by atoms with Crippen LogP contribution in [0.3, 0.4) is 0 Å². The molecular weight excluding hydrogens is 594 g/mol. The maximum atomic E-state index is 14.3. The Bertz CT molecular complexity index is 1300. The Hall–Kier alpha value is -3.63. The van der Waals surface area contributed by atoms with Crippen molar-refractivity contribution in [3.05, 3.63) is 17.5 Å². The van der Waals surface area contributed by atoms with Gasteiger partial charge in [0, 0.05) is 0 Å². The van der Waals surface area contributed by atoms with Gasteiger partial charge in [0.15, 0.2) is 5.69 Å². The Balaban J connectivity index is 2.38. The Kier molecular flexibility index (Phi) is 9.30. The summed E-state index contributed by atoms with van der Waals surface area (Å²) < 4.78 is 106. The molecule has 1 unspecified atom stereocenters. The van der Waals surface area contributed by atoms with Crippen molar-refractivity contribution in [1.29, 1.82) is 0 Å². The van der Waals surface area contributed by atoms with E-state index in [-0.39, 0.29) is 37.2 Å². The monoisotopic (exact) mass is 626 g/mol. The number of rotatable bonds is 1. The van der Waals surface area contributed by atoms with Gasteiger partial charge in [0.05, 0.1) is 12.3 Å². The zero-order chi connectivity index (χ0) is 32.6. The molecule has 0 radical (unpaired) electrons. The molecule has 1 aliphatic rings. The van der Waals surface area contributed by atoms with Gasteiger partial charge in [-0.2, -0.15) is 31.2 Å². The number of pyridine rings is 1. The summed E-state index contributed by atoms with van der Waals surface area (Å²) in [5.74, 6) is -3.30. The number of hydrogen-bond acceptors (Lipinski definition) is 10. The van der Waals surface area contributed by atoms with Crippen LogP contribution in [-0.2, 0) is 21.3 Å². The second-order valence-electron chi connectivity index (χ2n) is 11.8. The van der Waals surface area contributed by atoms with Crippen LogP contribution in [-0.4, -0.2) is 56.5 Å². The number of aromatic nitrogens is 3. The van der Waals surface area contributed by atoms with Crippen molar-refractivity contribution in [1.82, 2.24) is 15.2 Å². The van der Waals surface area contributed by atoms with Gasteiger partial charge in [-0.25, -0.2) is 14.6 Å². The number of nitrogens with zero attached hydrogens (tertiary/aromatic N) is 4. The number of hydrogen-bond donors (Lipinski definition) is 1. The normalized spacial score (nSPS) is 18.7. The number of halogens is 6. The van der Waals surface area contributed by atoms with Crippen LogP contribution in [0, 0.1) is 0 Å². The van der Waals surface area contributed by atoms with E-state index in [1.807, 2.05) is 0 Å². The largest absolute Gasteiger partial charge is 0.477 e. The molecule has 0 saturated heterocycles. The minimum Gasteiger partial charge on any atom is -0.477 e. The molecule has 3 heterocycles. The van der Waals surface area contributed by atoms with E-state index < -0.39 is 82.4 Å². The number of alkyl halides is 6. The van der Waals surface area contributed by atoms with E-state index >= 15 is 0 Å². The maximum absolute atomic E-state index is 14.3. The van der Waals surface area contributed by atoms with Gasteiger partial charge in [-0.15, -0.1) is 10.2 Å². The Morgan fingerprint density at radius 1 is 0.907 bits per heavy atom. The van der Waals surface area contributed by atoms with Crippen LogP contribution in [0.4, 0.5) is 41.6 Å². The van der Waals surface area contributed by atoms with E-state index in [4.69, 9.17) is 18.6 Å². The maximum Gasteiger partial charge on any atom is 0.426 e. The number of amides is 2. The summed E-state index contributed by atoms with van der Waals surface area (Å²) in [6.07, 6.45) is -13.9. The van der Waals surface area contributed by atoms with E-state index in [1.54, 1.807) is 0 Å². The van der Waals surface area contributed by atoms with Crippen molar-refractivity contribution < 1.29 is 59.7 Å². The highest BCUT2D eigenvalue weighted by Crippen LogP contribution is 2.45. The van der Waals surface area contributed by atoms with Crippen LogP contribution < -0.4 is 9.64 Å². The van der Waals surface area contributed by atoms with Crippen molar-refractivity contribution >= 4 is 17.9 Å². The molecule has 0 spiro atoms. The first-order valence-corrected chi connectivity index (χ1v) is 13.2. The van der Waals surface area contributed by atoms with E-state index in [0.717, 1.165) is 0 Å². The molecule has 2 aromatic rings. The fourth-order valence-corrected chi connectivity index (χ4v) is 3.87. The van der Waals surface area contributed by atoms with Crippen LogP contribution in [0.15, 0.2) is 10.5 Å². The molecule has 3 rings (SSSR count). The molecule has 0 saturated carbocycles. The van der Waals surface area contributed by atoms with Gasteiger partial charge >= 0.3 is 24.5 Å². The van der Waals surface area contributed by atoms with Crippen molar-refractivity contribution in [2.75, 3.05) is 11.5 Å². The molecule has 17 heteroatoms. The number of carbonyl (C=O) groups excluding carboxylic acids is 2. The quantitative estimate of drug-likeness (QED) is 0.332. The second kappa shape index (κ2) is 11.8. The molecule has 1 N–H and O–H groups in total. The molecule has 4 bridgehead atoms. The number of fused-ring (bicyclic) bond motifs is 5. The van der Waals surface area contributed by atoms with Gasteiger partial charge in [-0.1, -0.05) is 12.8 Å². The smallest absolute Gasteiger partial charge is 0.426 e. The van der Waals surface area contributed by atoms with E-state index in [1.165, 1.54) is 41.5 Å². The van der Waals surface area contributed by atoms with Crippen LogP contribution in [0.2, 0.25) is 0 Å². The van der Waals surface area contributed by atoms with Crippen molar-refractivity contribution in [3.8, 4) is 17.5 Å². The zero-order valence-electron chi connectivity index (χ0n) is 24.3. The predicted molar refractivity (Wildman–Crippen MR) is 136 cm³/mol. The lowest BCUT2D eigenvalue weighted by Crippen LogP contribution is -2.44. The fourth-order valence-electron chi connectivity index (χ4n) is 3.87. The first-order chi connectivity index (χ1) is 19.5. The molecule has 1 atom stereocenters. The predicted octanol–water partition coefficient (Wildman–Crippen LogP) is 6.92. The number of carbonyl (C=O) groups is 2. The van der Waals surface area contributed by atoms with Gasteiger partial charge in [-0.05, 0) is 66.9 Å². The highest BCUT2D eigenvalue weighted by molar-refractivity contribution is 6.11. The fraction of sp³-hybridized carbons (Fsp3) is 0.654. The highest BCUT2D eigenvalue weighted by atomic mass is 19.4. The third-order valence-electron chi connectivity index (χ3n) is 5.79.